The summed E-state index contributed by atoms with van der Waals surface area (Å²) in [4.78, 5) is 43.6. The fourth-order valence-electron chi connectivity index (χ4n) is 3.67. The number of piperazine rings is 1. The minimum absolute atomic E-state index is 0.0614. The summed E-state index contributed by atoms with van der Waals surface area (Å²) in [6, 6.07) is 13.1. The minimum Gasteiger partial charge on any atom is -0.360 e. The highest BCUT2D eigenvalue weighted by Gasteiger charge is 2.29. The Kier molecular flexibility index (Phi) is 5.84. The number of benzene rings is 2. The predicted molar refractivity (Wildman–Crippen MR) is 116 cm³/mol. The van der Waals surface area contributed by atoms with Crippen LogP contribution in [0.3, 0.4) is 0 Å². The van der Waals surface area contributed by atoms with Crippen LogP contribution >= 0.6 is 0 Å². The summed E-state index contributed by atoms with van der Waals surface area (Å²) in [5.41, 5.74) is 1.33. The molecule has 4 N–H and O–H groups in total. The zero-order chi connectivity index (χ0) is 22.7. The molecule has 10 heteroatoms. The van der Waals surface area contributed by atoms with Gasteiger partial charge in [0, 0.05) is 48.9 Å². The Balaban J connectivity index is 1.40. The summed E-state index contributed by atoms with van der Waals surface area (Å²) < 4.78 is 13.9. The van der Waals surface area contributed by atoms with E-state index in [1.54, 1.807) is 41.4 Å². The number of fused-ring (bicyclic) bond motifs is 1. The molecule has 164 valence electrons. The number of aromatic amines is 1. The Labute approximate surface area is 182 Å². The van der Waals surface area contributed by atoms with Crippen LogP contribution in [0.2, 0.25) is 0 Å². The fraction of sp³-hybridized carbons (Fsp3) is 0.182. The molecule has 0 aliphatic carbocycles. The number of aromatic nitrogens is 1. The first-order valence-corrected chi connectivity index (χ1v) is 9.98. The Hall–Kier alpha value is -4.21. The quantitative estimate of drug-likeness (QED) is 0.182. The lowest BCUT2D eigenvalue weighted by molar-refractivity contribution is -0.146. The number of hydrogen-bond donors (Lipinski definition) is 3. The highest BCUT2D eigenvalue weighted by atomic mass is 19.1. The normalized spacial score (nSPS) is 14.5. The van der Waals surface area contributed by atoms with Crippen molar-refractivity contribution < 1.29 is 18.8 Å². The molecule has 2 aromatic carbocycles. The lowest BCUT2D eigenvalue weighted by atomic mass is 10.1. The number of carbonyl (C=O) groups excluding carboxylic acids is 3. The van der Waals surface area contributed by atoms with Crippen LogP contribution in [0.1, 0.15) is 15.9 Å². The van der Waals surface area contributed by atoms with Crippen LogP contribution in [0, 0.1) is 5.82 Å². The summed E-state index contributed by atoms with van der Waals surface area (Å²) in [6.45, 7) is 1.06. The molecule has 0 saturated carbocycles. The number of hydrogen-bond acceptors (Lipinski definition) is 5. The van der Waals surface area contributed by atoms with Gasteiger partial charge in [-0.3, -0.25) is 14.4 Å². The molecule has 3 amide bonds. The second-order valence-electron chi connectivity index (χ2n) is 7.24. The van der Waals surface area contributed by atoms with Gasteiger partial charge in [0.2, 0.25) is 0 Å². The van der Waals surface area contributed by atoms with Gasteiger partial charge in [0.05, 0.1) is 5.52 Å². The van der Waals surface area contributed by atoms with Crippen molar-refractivity contribution in [3.63, 3.8) is 0 Å². The average molecular weight is 436 g/mol. The lowest BCUT2D eigenvalue weighted by Crippen LogP contribution is -2.54. The molecule has 32 heavy (non-hydrogen) atoms. The molecule has 2 heterocycles. The van der Waals surface area contributed by atoms with Crippen molar-refractivity contribution in [2.24, 2.45) is 10.9 Å². The van der Waals surface area contributed by atoms with E-state index in [1.165, 1.54) is 17.0 Å². The molecule has 1 aliphatic heterocycles. The molecule has 0 bridgehead atoms. The maximum Gasteiger partial charge on any atom is 0.315 e. The molecule has 0 unspecified atom stereocenters. The van der Waals surface area contributed by atoms with Crippen LogP contribution in [0.15, 0.2) is 59.8 Å². The zero-order valence-electron chi connectivity index (χ0n) is 17.0. The Morgan fingerprint density at radius 1 is 0.969 bits per heavy atom. The van der Waals surface area contributed by atoms with Crippen LogP contribution in [-0.4, -0.2) is 64.5 Å². The van der Waals surface area contributed by atoms with E-state index in [2.05, 4.69) is 15.4 Å². The molecule has 4 rings (SSSR count). The molecule has 0 atom stereocenters. The third kappa shape index (κ3) is 4.02. The van der Waals surface area contributed by atoms with E-state index in [1.807, 2.05) is 6.07 Å². The smallest absolute Gasteiger partial charge is 0.315 e. The van der Waals surface area contributed by atoms with Crippen molar-refractivity contribution in [3.05, 3.63) is 71.7 Å². The van der Waals surface area contributed by atoms with E-state index in [0.717, 1.165) is 0 Å². The van der Waals surface area contributed by atoms with Gasteiger partial charge < -0.3 is 25.9 Å². The number of carbonyl (C=O) groups is 3. The lowest BCUT2D eigenvalue weighted by Gasteiger charge is -2.34. The number of nitrogens with one attached hydrogen (secondary N) is 2. The maximum absolute atomic E-state index is 13.9. The highest BCUT2D eigenvalue weighted by Crippen LogP contribution is 2.20. The number of nitrogens with zero attached hydrogens (tertiary/aromatic N) is 3. The van der Waals surface area contributed by atoms with Crippen molar-refractivity contribution in [1.82, 2.24) is 20.1 Å². The van der Waals surface area contributed by atoms with Crippen LogP contribution < -0.4 is 11.2 Å². The van der Waals surface area contributed by atoms with Crippen LogP contribution in [0.4, 0.5) is 4.39 Å². The SMILES string of the molecule is NN=C(NC(=O)C(=O)N1CCN(C(=O)c2ccccc2)CC1)c1ccc(F)c2cc[nH]c12. The van der Waals surface area contributed by atoms with Crippen LogP contribution in [0.25, 0.3) is 10.9 Å². The van der Waals surface area contributed by atoms with Gasteiger partial charge in [-0.05, 0) is 30.3 Å². The first-order valence-electron chi connectivity index (χ1n) is 9.98. The molecular weight excluding hydrogens is 415 g/mol. The van der Waals surface area contributed by atoms with Crippen molar-refractivity contribution in [2.75, 3.05) is 26.2 Å². The first kappa shape index (κ1) is 21.0. The van der Waals surface area contributed by atoms with Crippen LogP contribution in [-0.2, 0) is 9.59 Å². The molecule has 1 fully saturated rings. The third-order valence-electron chi connectivity index (χ3n) is 5.36. The van der Waals surface area contributed by atoms with Gasteiger partial charge in [0.25, 0.3) is 5.91 Å². The van der Waals surface area contributed by atoms with Gasteiger partial charge in [0.15, 0.2) is 5.84 Å². The summed E-state index contributed by atoms with van der Waals surface area (Å²) in [6.07, 6.45) is 1.55. The second-order valence-corrected chi connectivity index (χ2v) is 7.24. The van der Waals surface area contributed by atoms with Gasteiger partial charge in [-0.15, -0.1) is 0 Å². The van der Waals surface area contributed by atoms with Gasteiger partial charge in [-0.2, -0.15) is 5.10 Å². The minimum atomic E-state index is -0.916. The van der Waals surface area contributed by atoms with Gasteiger partial charge >= 0.3 is 11.8 Å². The topological polar surface area (TPSA) is 124 Å². The van der Waals surface area contributed by atoms with Crippen molar-refractivity contribution >= 4 is 34.5 Å². The molecule has 1 aromatic heterocycles. The van der Waals surface area contributed by atoms with E-state index >= 15 is 0 Å². The molecule has 9 nitrogen and oxygen atoms in total. The molecule has 1 aliphatic rings. The Bertz CT molecular complexity index is 1200. The zero-order valence-corrected chi connectivity index (χ0v) is 17.0. The monoisotopic (exact) mass is 436 g/mol. The number of H-pyrrole nitrogens is 1. The van der Waals surface area contributed by atoms with Crippen molar-refractivity contribution in [3.8, 4) is 0 Å². The predicted octanol–water partition coefficient (Wildman–Crippen LogP) is 1.03. The molecular formula is C22H21FN6O3. The number of rotatable bonds is 2. The molecule has 0 radical (unpaired) electrons. The standard InChI is InChI=1S/C22H21FN6O3/c23-17-7-6-16(18-15(17)8-9-25-18)19(27-24)26-20(30)22(32)29-12-10-28(11-13-29)21(31)14-4-2-1-3-5-14/h1-9,25H,10-13,24H2,(H,26,27,30). The van der Waals surface area contributed by atoms with E-state index in [4.69, 9.17) is 5.84 Å². The molecule has 3 aromatic rings. The van der Waals surface area contributed by atoms with E-state index in [-0.39, 0.29) is 24.8 Å². The largest absolute Gasteiger partial charge is 0.360 e. The Morgan fingerprint density at radius 2 is 1.66 bits per heavy atom. The fourth-order valence-corrected chi connectivity index (χ4v) is 3.67. The number of halogens is 1. The highest BCUT2D eigenvalue weighted by molar-refractivity contribution is 6.39. The average Bonchev–Trinajstić information content (AvgIpc) is 3.34. The summed E-state index contributed by atoms with van der Waals surface area (Å²) in [7, 11) is 0. The summed E-state index contributed by atoms with van der Waals surface area (Å²) in [5, 5.41) is 6.29. The molecule has 0 spiro atoms. The van der Waals surface area contributed by atoms with Gasteiger partial charge in [-0.25, -0.2) is 4.39 Å². The summed E-state index contributed by atoms with van der Waals surface area (Å²) in [5.74, 6) is 3.14. The number of nitrogens with two attached hydrogens (primary N) is 1. The van der Waals surface area contributed by atoms with E-state index in [0.29, 0.717) is 35.1 Å². The number of amides is 3. The second kappa shape index (κ2) is 8.88. The van der Waals surface area contributed by atoms with E-state index in [9.17, 15) is 18.8 Å². The number of hydrazone groups is 1. The first-order chi connectivity index (χ1) is 15.5. The Morgan fingerprint density at radius 3 is 2.34 bits per heavy atom. The number of amidine groups is 1. The van der Waals surface area contributed by atoms with Crippen molar-refractivity contribution in [2.45, 2.75) is 0 Å². The van der Waals surface area contributed by atoms with Gasteiger partial charge in [-0.1, -0.05) is 18.2 Å². The third-order valence-corrected chi connectivity index (χ3v) is 5.36. The van der Waals surface area contributed by atoms with Gasteiger partial charge in [0.1, 0.15) is 5.82 Å². The maximum atomic E-state index is 13.9. The van der Waals surface area contributed by atoms with Crippen LogP contribution in [0.5, 0.6) is 0 Å². The van der Waals surface area contributed by atoms with Crippen molar-refractivity contribution in [1.29, 1.82) is 0 Å². The summed E-state index contributed by atoms with van der Waals surface area (Å²) >= 11 is 0. The molecule has 1 saturated heterocycles. The van der Waals surface area contributed by atoms with E-state index < -0.39 is 17.6 Å².